The molecule has 0 saturated heterocycles. The Hall–Kier alpha value is -2.62. The Morgan fingerprint density at radius 2 is 0.943 bits per heavy atom. The Labute approximate surface area is 212 Å². The van der Waals surface area contributed by atoms with Gasteiger partial charge >= 0.3 is 11.9 Å². The van der Waals surface area contributed by atoms with Crippen molar-refractivity contribution in [2.75, 3.05) is 0 Å². The summed E-state index contributed by atoms with van der Waals surface area (Å²) >= 11 is 0. The first-order chi connectivity index (χ1) is 16.7. The molecule has 0 aliphatic rings. The molecule has 0 heterocycles. The molecule has 2 aromatic rings. The van der Waals surface area contributed by atoms with Crippen molar-refractivity contribution in [1.29, 1.82) is 0 Å². The third kappa shape index (κ3) is 8.83. The number of ether oxygens (including phenoxy) is 2. The highest BCUT2D eigenvalue weighted by Crippen LogP contribution is 2.26. The lowest BCUT2D eigenvalue weighted by Crippen LogP contribution is -2.37. The van der Waals surface area contributed by atoms with Crippen molar-refractivity contribution in [2.24, 2.45) is 17.8 Å². The second-order valence-electron chi connectivity index (χ2n) is 10.4. The van der Waals surface area contributed by atoms with Gasteiger partial charge in [-0.1, -0.05) is 72.7 Å². The Morgan fingerprint density at radius 3 is 1.20 bits per heavy atom. The highest BCUT2D eigenvalue weighted by Gasteiger charge is 2.32. The number of hydrogen-bond acceptors (Lipinski definition) is 4. The van der Waals surface area contributed by atoms with Gasteiger partial charge in [-0.15, -0.1) is 0 Å². The van der Waals surface area contributed by atoms with Gasteiger partial charge in [-0.25, -0.2) is 9.59 Å². The minimum Gasteiger partial charge on any atom is -0.458 e. The van der Waals surface area contributed by atoms with E-state index in [1.807, 2.05) is 62.4 Å². The molecule has 0 aliphatic heterocycles. The van der Waals surface area contributed by atoms with Crippen LogP contribution in [0.25, 0.3) is 0 Å². The third-order valence-electron chi connectivity index (χ3n) is 6.42. The van der Waals surface area contributed by atoms with E-state index in [9.17, 15) is 9.59 Å². The summed E-state index contributed by atoms with van der Waals surface area (Å²) in [6, 6.07) is 15.4. The lowest BCUT2D eigenvalue weighted by molar-refractivity contribution is -0.0362. The van der Waals surface area contributed by atoms with Gasteiger partial charge in [-0.05, 0) is 79.3 Å². The fraction of sp³-hybridized carbons (Fsp3) is 0.548. The molecular formula is C31H44O4. The molecule has 2 rings (SSSR count). The van der Waals surface area contributed by atoms with Crippen LogP contribution in [0.5, 0.6) is 0 Å². The number of benzene rings is 2. The second kappa shape index (κ2) is 14.1. The summed E-state index contributed by atoms with van der Waals surface area (Å²) in [5.41, 5.74) is 3.53. The summed E-state index contributed by atoms with van der Waals surface area (Å²) in [4.78, 5) is 25.8. The Morgan fingerprint density at radius 1 is 0.600 bits per heavy atom. The molecule has 0 radical (unpaired) electrons. The second-order valence-corrected chi connectivity index (χ2v) is 10.4. The number of carbonyl (C=O) groups is 2. The van der Waals surface area contributed by atoms with Crippen molar-refractivity contribution < 1.29 is 19.1 Å². The molecule has 35 heavy (non-hydrogen) atoms. The van der Waals surface area contributed by atoms with Crippen LogP contribution in [0.3, 0.4) is 0 Å². The molecule has 2 unspecified atom stereocenters. The molecule has 0 bridgehead atoms. The topological polar surface area (TPSA) is 52.6 Å². The smallest absolute Gasteiger partial charge is 0.338 e. The van der Waals surface area contributed by atoms with Crippen LogP contribution in [-0.4, -0.2) is 24.1 Å². The summed E-state index contributed by atoms with van der Waals surface area (Å²) in [6.45, 7) is 14.8. The van der Waals surface area contributed by atoms with E-state index in [0.717, 1.165) is 19.3 Å². The van der Waals surface area contributed by atoms with Crippen LogP contribution in [-0.2, 0) is 22.3 Å². The van der Waals surface area contributed by atoms with Crippen LogP contribution < -0.4 is 0 Å². The van der Waals surface area contributed by atoms with E-state index >= 15 is 0 Å². The van der Waals surface area contributed by atoms with Crippen LogP contribution in [0.1, 0.15) is 99.6 Å². The molecular weight excluding hydrogens is 436 g/mol. The van der Waals surface area contributed by atoms with Gasteiger partial charge in [-0.2, -0.15) is 0 Å². The van der Waals surface area contributed by atoms with Gasteiger partial charge in [-0.3, -0.25) is 0 Å². The predicted octanol–water partition coefficient (Wildman–Crippen LogP) is 7.68. The molecule has 0 aliphatic carbocycles. The molecule has 0 saturated carbocycles. The van der Waals surface area contributed by atoms with Crippen molar-refractivity contribution in [3.05, 3.63) is 70.8 Å². The van der Waals surface area contributed by atoms with E-state index in [4.69, 9.17) is 9.47 Å². The minimum atomic E-state index is -0.326. The average Bonchev–Trinajstić information content (AvgIpc) is 2.82. The Bertz CT molecular complexity index is 837. The highest BCUT2D eigenvalue weighted by molar-refractivity contribution is 5.90. The lowest BCUT2D eigenvalue weighted by Gasteiger charge is -2.31. The molecule has 4 heteroatoms. The van der Waals surface area contributed by atoms with Crippen molar-refractivity contribution in [3.8, 4) is 0 Å². The van der Waals surface area contributed by atoms with Gasteiger partial charge in [0.2, 0.25) is 0 Å². The van der Waals surface area contributed by atoms with Crippen LogP contribution in [0.4, 0.5) is 0 Å². The van der Waals surface area contributed by atoms with Gasteiger partial charge < -0.3 is 9.47 Å². The summed E-state index contributed by atoms with van der Waals surface area (Å²) in [7, 11) is 0. The predicted molar refractivity (Wildman–Crippen MR) is 143 cm³/mol. The molecule has 2 atom stereocenters. The fourth-order valence-electron chi connectivity index (χ4n) is 4.62. The van der Waals surface area contributed by atoms with E-state index in [0.29, 0.717) is 35.8 Å². The SMILES string of the molecule is CCC(OC(=O)c1ccc(CC(C)C)cc1)C(CC)C(CC)OC(=O)c1ccc(CC(C)C)cc1. The van der Waals surface area contributed by atoms with Crippen molar-refractivity contribution in [1.82, 2.24) is 0 Å². The Kier molecular flexibility index (Phi) is 11.5. The number of hydrogen-bond donors (Lipinski definition) is 0. The van der Waals surface area contributed by atoms with Crippen LogP contribution >= 0.6 is 0 Å². The van der Waals surface area contributed by atoms with Gasteiger partial charge in [0.1, 0.15) is 12.2 Å². The summed E-state index contributed by atoms with van der Waals surface area (Å²) in [6.07, 6.45) is 3.38. The zero-order valence-electron chi connectivity index (χ0n) is 22.7. The monoisotopic (exact) mass is 480 g/mol. The van der Waals surface area contributed by atoms with Crippen molar-refractivity contribution in [3.63, 3.8) is 0 Å². The van der Waals surface area contributed by atoms with Crippen LogP contribution in [0, 0.1) is 17.8 Å². The lowest BCUT2D eigenvalue weighted by atomic mass is 9.89. The number of esters is 2. The molecule has 2 aromatic carbocycles. The summed E-state index contributed by atoms with van der Waals surface area (Å²) in [5, 5.41) is 0. The summed E-state index contributed by atoms with van der Waals surface area (Å²) < 4.78 is 11.9. The fourth-order valence-corrected chi connectivity index (χ4v) is 4.62. The van der Waals surface area contributed by atoms with Gasteiger partial charge in [0.25, 0.3) is 0 Å². The first-order valence-corrected chi connectivity index (χ1v) is 13.3. The standard InChI is InChI=1S/C31H44O4/c1-8-27(28(9-2)34-30(32)25-15-11-23(12-16-25)19-21(4)5)29(10-3)35-31(33)26-17-13-24(14-18-26)20-22(6)7/h11-18,21-22,27-29H,8-10,19-20H2,1-7H3. The maximum atomic E-state index is 12.9. The molecule has 0 fully saturated rings. The van der Waals surface area contributed by atoms with Crippen LogP contribution in [0.2, 0.25) is 0 Å². The number of carbonyl (C=O) groups excluding carboxylic acids is 2. The largest absolute Gasteiger partial charge is 0.458 e. The molecule has 0 aromatic heterocycles. The maximum Gasteiger partial charge on any atom is 0.338 e. The Balaban J connectivity index is 2.07. The van der Waals surface area contributed by atoms with Crippen LogP contribution in [0.15, 0.2) is 48.5 Å². The molecule has 0 amide bonds. The highest BCUT2D eigenvalue weighted by atomic mass is 16.6. The quantitative estimate of drug-likeness (QED) is 0.276. The molecule has 4 nitrogen and oxygen atoms in total. The molecule has 0 spiro atoms. The number of rotatable bonds is 13. The van der Waals surface area contributed by atoms with Gasteiger partial charge in [0, 0.05) is 5.92 Å². The zero-order chi connectivity index (χ0) is 26.0. The van der Waals surface area contributed by atoms with E-state index < -0.39 is 0 Å². The van der Waals surface area contributed by atoms with Crippen molar-refractivity contribution >= 4 is 11.9 Å². The van der Waals surface area contributed by atoms with E-state index in [2.05, 4.69) is 34.6 Å². The average molecular weight is 481 g/mol. The molecule has 192 valence electrons. The van der Waals surface area contributed by atoms with E-state index in [1.165, 1.54) is 11.1 Å². The minimum absolute atomic E-state index is 0.0710. The van der Waals surface area contributed by atoms with E-state index in [-0.39, 0.29) is 30.1 Å². The van der Waals surface area contributed by atoms with Gasteiger partial charge in [0.05, 0.1) is 11.1 Å². The van der Waals surface area contributed by atoms with Gasteiger partial charge in [0.15, 0.2) is 0 Å². The first kappa shape index (κ1) is 28.6. The van der Waals surface area contributed by atoms with E-state index in [1.54, 1.807) is 0 Å². The van der Waals surface area contributed by atoms with Crippen molar-refractivity contribution in [2.45, 2.75) is 92.8 Å². The first-order valence-electron chi connectivity index (χ1n) is 13.3. The normalized spacial score (nSPS) is 14.0. The zero-order valence-corrected chi connectivity index (χ0v) is 22.7. The maximum absolute atomic E-state index is 12.9. The third-order valence-corrected chi connectivity index (χ3v) is 6.42. The molecule has 0 N–H and O–H groups in total. The summed E-state index contributed by atoms with van der Waals surface area (Å²) in [5.74, 6) is 0.406.